The minimum Gasteiger partial charge on any atom is -0.394 e. The fourth-order valence-electron chi connectivity index (χ4n) is 1.63. The molecular weight excluding hydrogens is 268 g/mol. The molecule has 0 bridgehead atoms. The summed E-state index contributed by atoms with van der Waals surface area (Å²) in [6.07, 6.45) is 2.70. The normalized spacial score (nSPS) is 12.9. The number of rotatable bonds is 5. The van der Waals surface area contributed by atoms with Gasteiger partial charge in [-0.1, -0.05) is 13.8 Å². The first kappa shape index (κ1) is 13.5. The third-order valence-corrected chi connectivity index (χ3v) is 2.80. The van der Waals surface area contributed by atoms with Crippen molar-refractivity contribution in [3.05, 3.63) is 22.3 Å². The van der Waals surface area contributed by atoms with Crippen LogP contribution in [0.15, 0.2) is 16.7 Å². The van der Waals surface area contributed by atoms with Gasteiger partial charge < -0.3 is 10.4 Å². The van der Waals surface area contributed by atoms with Crippen molar-refractivity contribution in [2.45, 2.75) is 33.2 Å². The van der Waals surface area contributed by atoms with Crippen molar-refractivity contribution in [1.82, 2.24) is 4.98 Å². The standard InChI is InChI=1S/C12H19BrN2O/c1-8(2)4-11(7-16)15-12-9(3)5-10(13)6-14-12/h5-6,8,11,16H,4,7H2,1-3H3,(H,14,15). The molecule has 0 amide bonds. The van der Waals surface area contributed by atoms with Gasteiger partial charge in [-0.05, 0) is 46.8 Å². The van der Waals surface area contributed by atoms with E-state index >= 15 is 0 Å². The highest BCUT2D eigenvalue weighted by molar-refractivity contribution is 9.10. The molecule has 1 atom stereocenters. The first-order valence-corrected chi connectivity index (χ1v) is 6.31. The van der Waals surface area contributed by atoms with E-state index in [9.17, 15) is 5.11 Å². The Balaban J connectivity index is 2.70. The molecule has 0 saturated carbocycles. The molecule has 2 N–H and O–H groups in total. The monoisotopic (exact) mass is 286 g/mol. The Bertz CT molecular complexity index is 342. The number of anilines is 1. The zero-order valence-electron chi connectivity index (χ0n) is 10.00. The molecule has 16 heavy (non-hydrogen) atoms. The maximum absolute atomic E-state index is 9.28. The fraction of sp³-hybridized carbons (Fsp3) is 0.583. The van der Waals surface area contributed by atoms with Crippen LogP contribution >= 0.6 is 15.9 Å². The van der Waals surface area contributed by atoms with Gasteiger partial charge in [-0.2, -0.15) is 0 Å². The molecule has 0 saturated heterocycles. The number of aromatic nitrogens is 1. The highest BCUT2D eigenvalue weighted by atomic mass is 79.9. The van der Waals surface area contributed by atoms with Crippen LogP contribution in [0.3, 0.4) is 0 Å². The quantitative estimate of drug-likeness (QED) is 0.875. The molecule has 4 heteroatoms. The average Bonchev–Trinajstić information content (AvgIpc) is 2.20. The molecule has 1 unspecified atom stereocenters. The highest BCUT2D eigenvalue weighted by Crippen LogP contribution is 2.18. The molecule has 0 aliphatic rings. The van der Waals surface area contributed by atoms with Gasteiger partial charge in [0.1, 0.15) is 5.82 Å². The Morgan fingerprint density at radius 3 is 2.69 bits per heavy atom. The van der Waals surface area contributed by atoms with Crippen molar-refractivity contribution in [2.75, 3.05) is 11.9 Å². The topological polar surface area (TPSA) is 45.2 Å². The summed E-state index contributed by atoms with van der Waals surface area (Å²) in [5, 5.41) is 12.6. The summed E-state index contributed by atoms with van der Waals surface area (Å²) in [4.78, 5) is 4.30. The number of aryl methyl sites for hydroxylation is 1. The smallest absolute Gasteiger partial charge is 0.129 e. The summed E-state index contributed by atoms with van der Waals surface area (Å²) in [5.41, 5.74) is 1.08. The van der Waals surface area contributed by atoms with Crippen LogP contribution in [-0.2, 0) is 0 Å². The molecule has 0 radical (unpaired) electrons. The van der Waals surface area contributed by atoms with Gasteiger partial charge in [-0.15, -0.1) is 0 Å². The van der Waals surface area contributed by atoms with Crippen molar-refractivity contribution in [3.8, 4) is 0 Å². The van der Waals surface area contributed by atoms with E-state index in [1.165, 1.54) is 0 Å². The van der Waals surface area contributed by atoms with E-state index in [1.807, 2.05) is 13.0 Å². The second-order valence-corrected chi connectivity index (χ2v) is 5.39. The Morgan fingerprint density at radius 2 is 2.19 bits per heavy atom. The van der Waals surface area contributed by atoms with E-state index in [2.05, 4.69) is 40.1 Å². The van der Waals surface area contributed by atoms with Gasteiger partial charge in [0.25, 0.3) is 0 Å². The summed E-state index contributed by atoms with van der Waals surface area (Å²) in [5.74, 6) is 1.41. The average molecular weight is 287 g/mol. The van der Waals surface area contributed by atoms with Gasteiger partial charge in [0, 0.05) is 10.7 Å². The van der Waals surface area contributed by atoms with Gasteiger partial charge in [-0.3, -0.25) is 0 Å². The number of aliphatic hydroxyl groups excluding tert-OH is 1. The summed E-state index contributed by atoms with van der Waals surface area (Å²) in [7, 11) is 0. The van der Waals surface area contributed by atoms with E-state index in [-0.39, 0.29) is 12.6 Å². The van der Waals surface area contributed by atoms with E-state index in [1.54, 1.807) is 6.20 Å². The van der Waals surface area contributed by atoms with E-state index in [4.69, 9.17) is 0 Å². The van der Waals surface area contributed by atoms with Crippen molar-refractivity contribution in [2.24, 2.45) is 5.92 Å². The van der Waals surface area contributed by atoms with Crippen LogP contribution < -0.4 is 5.32 Å². The summed E-state index contributed by atoms with van der Waals surface area (Å²) < 4.78 is 0.972. The van der Waals surface area contributed by atoms with Crippen LogP contribution in [0, 0.1) is 12.8 Å². The van der Waals surface area contributed by atoms with Crippen LogP contribution in [0.25, 0.3) is 0 Å². The third-order valence-electron chi connectivity index (χ3n) is 2.36. The molecule has 0 fully saturated rings. The lowest BCUT2D eigenvalue weighted by Crippen LogP contribution is -2.26. The minimum atomic E-state index is 0.0763. The molecule has 1 heterocycles. The zero-order chi connectivity index (χ0) is 12.1. The van der Waals surface area contributed by atoms with Crippen molar-refractivity contribution < 1.29 is 5.11 Å². The van der Waals surface area contributed by atoms with Crippen LogP contribution in [0.5, 0.6) is 0 Å². The number of hydrogen-bond acceptors (Lipinski definition) is 3. The molecule has 0 aliphatic heterocycles. The van der Waals surface area contributed by atoms with Crippen LogP contribution in [0.4, 0.5) is 5.82 Å². The predicted octanol–water partition coefficient (Wildman–Crippen LogP) is 2.97. The SMILES string of the molecule is Cc1cc(Br)cnc1NC(CO)CC(C)C. The number of halogens is 1. The van der Waals surface area contributed by atoms with Crippen LogP contribution in [0.2, 0.25) is 0 Å². The zero-order valence-corrected chi connectivity index (χ0v) is 11.6. The summed E-state index contributed by atoms with van der Waals surface area (Å²) in [6, 6.07) is 2.09. The molecule has 3 nitrogen and oxygen atoms in total. The van der Waals surface area contributed by atoms with Crippen molar-refractivity contribution in [1.29, 1.82) is 0 Å². The van der Waals surface area contributed by atoms with E-state index in [0.29, 0.717) is 5.92 Å². The number of nitrogens with one attached hydrogen (secondary N) is 1. The van der Waals surface area contributed by atoms with Gasteiger partial charge in [0.05, 0.1) is 12.6 Å². The predicted molar refractivity (Wildman–Crippen MR) is 70.6 cm³/mol. The second kappa shape index (κ2) is 6.21. The maximum atomic E-state index is 9.28. The number of nitrogens with zero attached hydrogens (tertiary/aromatic N) is 1. The lowest BCUT2D eigenvalue weighted by atomic mass is 10.0. The third kappa shape index (κ3) is 4.10. The molecule has 1 aromatic heterocycles. The number of hydrogen-bond donors (Lipinski definition) is 2. The first-order chi connectivity index (χ1) is 7.52. The lowest BCUT2D eigenvalue weighted by Gasteiger charge is -2.19. The van der Waals surface area contributed by atoms with Crippen LogP contribution in [0.1, 0.15) is 25.8 Å². The maximum Gasteiger partial charge on any atom is 0.129 e. The Hall–Kier alpha value is -0.610. The van der Waals surface area contributed by atoms with Gasteiger partial charge in [-0.25, -0.2) is 4.98 Å². The molecular formula is C12H19BrN2O. The van der Waals surface area contributed by atoms with E-state index in [0.717, 1.165) is 22.3 Å². The second-order valence-electron chi connectivity index (χ2n) is 4.47. The first-order valence-electron chi connectivity index (χ1n) is 5.52. The lowest BCUT2D eigenvalue weighted by molar-refractivity contribution is 0.259. The summed E-state index contributed by atoms with van der Waals surface area (Å²) >= 11 is 3.38. The number of pyridine rings is 1. The van der Waals surface area contributed by atoms with Gasteiger partial charge in [0.15, 0.2) is 0 Å². The van der Waals surface area contributed by atoms with Crippen molar-refractivity contribution in [3.63, 3.8) is 0 Å². The molecule has 90 valence electrons. The van der Waals surface area contributed by atoms with E-state index < -0.39 is 0 Å². The largest absolute Gasteiger partial charge is 0.394 e. The minimum absolute atomic E-state index is 0.0763. The van der Waals surface area contributed by atoms with Crippen molar-refractivity contribution >= 4 is 21.7 Å². The molecule has 1 rings (SSSR count). The summed E-state index contributed by atoms with van der Waals surface area (Å²) in [6.45, 7) is 6.43. The highest BCUT2D eigenvalue weighted by Gasteiger charge is 2.11. The molecule has 1 aromatic rings. The fourth-order valence-corrected chi connectivity index (χ4v) is 2.08. The van der Waals surface area contributed by atoms with Gasteiger partial charge >= 0.3 is 0 Å². The number of aliphatic hydroxyl groups is 1. The van der Waals surface area contributed by atoms with Crippen LogP contribution in [-0.4, -0.2) is 22.7 Å². The van der Waals surface area contributed by atoms with Gasteiger partial charge in [0.2, 0.25) is 0 Å². The molecule has 0 aliphatic carbocycles. The Morgan fingerprint density at radius 1 is 1.50 bits per heavy atom. The molecule has 0 aromatic carbocycles. The Labute approximate surface area is 105 Å². The molecule has 0 spiro atoms. The Kier molecular flexibility index (Phi) is 5.22.